The molecule has 136 valence electrons. The molecule has 0 saturated heterocycles. The molecule has 1 atom stereocenters. The Hall–Kier alpha value is -0.920. The second-order valence-electron chi connectivity index (χ2n) is 5.54. The van der Waals surface area contributed by atoms with Crippen molar-refractivity contribution in [1.82, 2.24) is 5.32 Å². The molecule has 1 unspecified atom stereocenters. The SMILES string of the molecule is CCOc1cc(CNC(CCSC)C(=O)O)c(Br)cc1OC(C)C. The fourth-order valence-corrected chi connectivity index (χ4v) is 3.04. The van der Waals surface area contributed by atoms with Crippen molar-refractivity contribution in [3.8, 4) is 11.5 Å². The van der Waals surface area contributed by atoms with E-state index in [0.717, 1.165) is 15.8 Å². The largest absolute Gasteiger partial charge is 0.490 e. The van der Waals surface area contributed by atoms with Gasteiger partial charge in [-0.05, 0) is 56.9 Å². The number of carbonyl (C=O) groups is 1. The monoisotopic (exact) mass is 419 g/mol. The zero-order valence-electron chi connectivity index (χ0n) is 14.6. The highest BCUT2D eigenvalue weighted by Crippen LogP contribution is 2.34. The lowest BCUT2D eigenvalue weighted by Crippen LogP contribution is -2.36. The number of hydrogen-bond acceptors (Lipinski definition) is 5. The number of thioether (sulfide) groups is 1. The zero-order valence-corrected chi connectivity index (χ0v) is 17.0. The Kier molecular flexibility index (Phi) is 9.54. The molecule has 0 amide bonds. The van der Waals surface area contributed by atoms with Crippen molar-refractivity contribution >= 4 is 33.7 Å². The van der Waals surface area contributed by atoms with Crippen molar-refractivity contribution in [1.29, 1.82) is 0 Å². The quantitative estimate of drug-likeness (QED) is 0.566. The first-order valence-corrected chi connectivity index (χ1v) is 10.1. The van der Waals surface area contributed by atoms with Crippen LogP contribution in [0.4, 0.5) is 0 Å². The summed E-state index contributed by atoms with van der Waals surface area (Å²) in [6, 6.07) is 3.21. The van der Waals surface area contributed by atoms with E-state index < -0.39 is 12.0 Å². The molecule has 0 fully saturated rings. The minimum atomic E-state index is -0.829. The summed E-state index contributed by atoms with van der Waals surface area (Å²) in [6.07, 6.45) is 2.60. The van der Waals surface area contributed by atoms with E-state index in [0.29, 0.717) is 31.1 Å². The van der Waals surface area contributed by atoms with Gasteiger partial charge in [0.2, 0.25) is 0 Å². The van der Waals surface area contributed by atoms with Crippen LogP contribution in [0.15, 0.2) is 16.6 Å². The molecule has 1 aromatic rings. The molecule has 0 aliphatic rings. The number of carboxylic acids is 1. The van der Waals surface area contributed by atoms with Crippen LogP contribution in [-0.2, 0) is 11.3 Å². The van der Waals surface area contributed by atoms with Gasteiger partial charge in [0, 0.05) is 11.0 Å². The van der Waals surface area contributed by atoms with Gasteiger partial charge in [-0.15, -0.1) is 0 Å². The predicted octanol–water partition coefficient (Wildman–Crippen LogP) is 3.93. The van der Waals surface area contributed by atoms with Crippen molar-refractivity contribution in [3.05, 3.63) is 22.2 Å². The number of rotatable bonds is 11. The Balaban J connectivity index is 2.90. The van der Waals surface area contributed by atoms with Gasteiger partial charge in [0.25, 0.3) is 0 Å². The van der Waals surface area contributed by atoms with E-state index in [1.807, 2.05) is 39.2 Å². The number of halogens is 1. The van der Waals surface area contributed by atoms with Gasteiger partial charge in [0.05, 0.1) is 12.7 Å². The molecule has 0 heterocycles. The smallest absolute Gasteiger partial charge is 0.320 e. The standard InChI is InChI=1S/C17H26BrNO4S/c1-5-22-15-8-12(13(18)9-16(15)23-11(2)3)10-19-14(17(20)21)6-7-24-4/h8-9,11,14,19H,5-7,10H2,1-4H3,(H,20,21). The molecule has 0 saturated carbocycles. The van der Waals surface area contributed by atoms with Gasteiger partial charge in [-0.1, -0.05) is 15.9 Å². The second-order valence-corrected chi connectivity index (χ2v) is 7.38. The first kappa shape index (κ1) is 21.1. The fraction of sp³-hybridized carbons (Fsp3) is 0.588. The molecule has 2 N–H and O–H groups in total. The van der Waals surface area contributed by atoms with E-state index in [1.165, 1.54) is 0 Å². The number of benzene rings is 1. The fourth-order valence-electron chi connectivity index (χ4n) is 2.11. The maximum absolute atomic E-state index is 11.3. The molecule has 0 bridgehead atoms. The highest BCUT2D eigenvalue weighted by atomic mass is 79.9. The second kappa shape index (κ2) is 10.8. The van der Waals surface area contributed by atoms with E-state index in [2.05, 4.69) is 21.2 Å². The normalized spacial score (nSPS) is 12.2. The van der Waals surface area contributed by atoms with Crippen LogP contribution in [0.2, 0.25) is 0 Å². The van der Waals surface area contributed by atoms with Crippen LogP contribution in [0.3, 0.4) is 0 Å². The van der Waals surface area contributed by atoms with Crippen molar-refractivity contribution < 1.29 is 19.4 Å². The Morgan fingerprint density at radius 1 is 1.38 bits per heavy atom. The summed E-state index contributed by atoms with van der Waals surface area (Å²) in [7, 11) is 0. The topological polar surface area (TPSA) is 67.8 Å². The number of aliphatic carboxylic acids is 1. The maximum Gasteiger partial charge on any atom is 0.320 e. The van der Waals surface area contributed by atoms with Gasteiger partial charge < -0.3 is 19.9 Å². The molecule has 24 heavy (non-hydrogen) atoms. The summed E-state index contributed by atoms with van der Waals surface area (Å²) in [6.45, 7) is 6.81. The summed E-state index contributed by atoms with van der Waals surface area (Å²) in [5.74, 6) is 1.32. The van der Waals surface area contributed by atoms with E-state index in [1.54, 1.807) is 11.8 Å². The zero-order chi connectivity index (χ0) is 18.1. The summed E-state index contributed by atoms with van der Waals surface area (Å²) in [5, 5.41) is 12.4. The van der Waals surface area contributed by atoms with Crippen LogP contribution in [0, 0.1) is 0 Å². The lowest BCUT2D eigenvalue weighted by Gasteiger charge is -2.18. The molecule has 5 nitrogen and oxygen atoms in total. The molecule has 0 aromatic heterocycles. The van der Waals surface area contributed by atoms with Crippen molar-refractivity contribution in [2.45, 2.75) is 45.9 Å². The van der Waals surface area contributed by atoms with Gasteiger partial charge in [-0.25, -0.2) is 0 Å². The molecule has 7 heteroatoms. The number of ether oxygens (including phenoxy) is 2. The van der Waals surface area contributed by atoms with E-state index in [-0.39, 0.29) is 6.10 Å². The number of carboxylic acid groups (broad SMARTS) is 1. The summed E-state index contributed by atoms with van der Waals surface area (Å²) in [5.41, 5.74) is 0.935. The van der Waals surface area contributed by atoms with Crippen LogP contribution >= 0.6 is 27.7 Å². The van der Waals surface area contributed by atoms with E-state index in [9.17, 15) is 9.90 Å². The maximum atomic E-state index is 11.3. The van der Waals surface area contributed by atoms with Crippen LogP contribution < -0.4 is 14.8 Å². The third-order valence-corrected chi connectivity index (χ3v) is 4.61. The predicted molar refractivity (Wildman–Crippen MR) is 102 cm³/mol. The van der Waals surface area contributed by atoms with Gasteiger partial charge >= 0.3 is 5.97 Å². The Bertz CT molecular complexity index is 540. The highest BCUT2D eigenvalue weighted by Gasteiger charge is 2.18. The Morgan fingerprint density at radius 3 is 2.62 bits per heavy atom. The van der Waals surface area contributed by atoms with Crippen LogP contribution in [-0.4, -0.2) is 41.8 Å². The van der Waals surface area contributed by atoms with Gasteiger partial charge in [0.1, 0.15) is 6.04 Å². The van der Waals surface area contributed by atoms with Crippen LogP contribution in [0.5, 0.6) is 11.5 Å². The van der Waals surface area contributed by atoms with Crippen LogP contribution in [0.1, 0.15) is 32.8 Å². The number of nitrogens with one attached hydrogen (secondary N) is 1. The summed E-state index contributed by atoms with van der Waals surface area (Å²) >= 11 is 5.17. The molecule has 1 aromatic carbocycles. The van der Waals surface area contributed by atoms with E-state index in [4.69, 9.17) is 9.47 Å². The first-order chi connectivity index (χ1) is 11.4. The molecule has 0 spiro atoms. The van der Waals surface area contributed by atoms with Crippen molar-refractivity contribution in [2.75, 3.05) is 18.6 Å². The lowest BCUT2D eigenvalue weighted by molar-refractivity contribution is -0.139. The molecular formula is C17H26BrNO4S. The molecule has 0 aliphatic heterocycles. The Labute approximate surface area is 156 Å². The molecule has 1 rings (SSSR count). The third-order valence-electron chi connectivity index (χ3n) is 3.22. The molecular weight excluding hydrogens is 394 g/mol. The average Bonchev–Trinajstić information content (AvgIpc) is 2.50. The minimum absolute atomic E-state index is 0.0445. The first-order valence-electron chi connectivity index (χ1n) is 7.96. The minimum Gasteiger partial charge on any atom is -0.490 e. The van der Waals surface area contributed by atoms with Crippen molar-refractivity contribution in [3.63, 3.8) is 0 Å². The molecule has 0 aliphatic carbocycles. The Morgan fingerprint density at radius 2 is 2.08 bits per heavy atom. The average molecular weight is 420 g/mol. The summed E-state index contributed by atoms with van der Waals surface area (Å²) in [4.78, 5) is 11.3. The lowest BCUT2D eigenvalue weighted by atomic mass is 10.1. The van der Waals surface area contributed by atoms with Gasteiger partial charge in [-0.3, -0.25) is 4.79 Å². The third kappa shape index (κ3) is 6.91. The molecule has 0 radical (unpaired) electrons. The van der Waals surface area contributed by atoms with Crippen LogP contribution in [0.25, 0.3) is 0 Å². The van der Waals surface area contributed by atoms with Gasteiger partial charge in [-0.2, -0.15) is 11.8 Å². The van der Waals surface area contributed by atoms with Crippen molar-refractivity contribution in [2.24, 2.45) is 0 Å². The highest BCUT2D eigenvalue weighted by molar-refractivity contribution is 9.10. The number of hydrogen-bond donors (Lipinski definition) is 2. The van der Waals surface area contributed by atoms with Gasteiger partial charge in [0.15, 0.2) is 11.5 Å². The van der Waals surface area contributed by atoms with E-state index >= 15 is 0 Å². The summed E-state index contributed by atoms with van der Waals surface area (Å²) < 4.78 is 12.3.